The summed E-state index contributed by atoms with van der Waals surface area (Å²) in [5.41, 5.74) is 2.75. The fourth-order valence-electron chi connectivity index (χ4n) is 6.01. The average Bonchev–Trinajstić information content (AvgIpc) is 2.33. The molecule has 5 rings (SSSR count). The van der Waals surface area contributed by atoms with Crippen LogP contribution in [-0.4, -0.2) is 37.5 Å². The zero-order chi connectivity index (χ0) is 14.6. The first-order chi connectivity index (χ1) is 10.0. The van der Waals surface area contributed by atoms with Crippen molar-refractivity contribution in [3.05, 3.63) is 11.1 Å². The summed E-state index contributed by atoms with van der Waals surface area (Å²) in [6, 6.07) is 0. The van der Waals surface area contributed by atoms with E-state index in [1.54, 1.807) is 0 Å². The standard InChI is InChI=1S/C18H28N2O/c1-12(16-9-19-10-16)17(21)20(2)11-18-6-13-3-14(7-18)5-15(4-13)8-18/h13-15,19H,3-11H2,1-2H3. The maximum Gasteiger partial charge on any atom is 0.249 e. The van der Waals surface area contributed by atoms with Crippen LogP contribution in [0, 0.1) is 23.2 Å². The highest BCUT2D eigenvalue weighted by atomic mass is 16.2. The third-order valence-electron chi connectivity index (χ3n) is 6.61. The van der Waals surface area contributed by atoms with Crippen LogP contribution in [-0.2, 0) is 4.79 Å². The number of nitrogens with one attached hydrogen (secondary N) is 1. The van der Waals surface area contributed by atoms with Gasteiger partial charge in [-0.3, -0.25) is 4.79 Å². The van der Waals surface area contributed by atoms with E-state index in [1.165, 1.54) is 44.1 Å². The largest absolute Gasteiger partial charge is 0.341 e. The molecule has 0 spiro atoms. The molecule has 4 aliphatic carbocycles. The van der Waals surface area contributed by atoms with E-state index < -0.39 is 0 Å². The topological polar surface area (TPSA) is 32.3 Å². The van der Waals surface area contributed by atoms with Crippen LogP contribution in [0.3, 0.4) is 0 Å². The molecule has 116 valence electrons. The lowest BCUT2D eigenvalue weighted by Gasteiger charge is -2.57. The molecule has 0 aromatic rings. The predicted molar refractivity (Wildman–Crippen MR) is 83.8 cm³/mol. The van der Waals surface area contributed by atoms with Crippen molar-refractivity contribution in [1.82, 2.24) is 10.2 Å². The Labute approximate surface area is 128 Å². The van der Waals surface area contributed by atoms with Gasteiger partial charge in [-0.25, -0.2) is 0 Å². The number of rotatable bonds is 3. The van der Waals surface area contributed by atoms with E-state index in [-0.39, 0.29) is 5.91 Å². The smallest absolute Gasteiger partial charge is 0.249 e. The third-order valence-corrected chi connectivity index (χ3v) is 6.61. The molecule has 4 bridgehead atoms. The molecule has 5 aliphatic rings. The first-order valence-electron chi connectivity index (χ1n) is 8.69. The van der Waals surface area contributed by atoms with Gasteiger partial charge in [0.2, 0.25) is 5.91 Å². The molecule has 0 aromatic carbocycles. The molecule has 1 aliphatic heterocycles. The van der Waals surface area contributed by atoms with E-state index in [0.717, 1.165) is 43.0 Å². The minimum Gasteiger partial charge on any atom is -0.341 e. The number of amides is 1. The SMILES string of the molecule is CC(C(=O)N(C)CC12CC3CC(CC(C3)C1)C2)=C1CNC1. The van der Waals surface area contributed by atoms with Crippen LogP contribution in [0.2, 0.25) is 0 Å². The van der Waals surface area contributed by atoms with Crippen molar-refractivity contribution in [2.45, 2.75) is 45.4 Å². The van der Waals surface area contributed by atoms with Crippen molar-refractivity contribution < 1.29 is 4.79 Å². The highest BCUT2D eigenvalue weighted by Crippen LogP contribution is 2.60. The van der Waals surface area contributed by atoms with Gasteiger partial charge >= 0.3 is 0 Å². The second-order valence-electron chi connectivity index (χ2n) is 8.41. The number of nitrogens with zero attached hydrogens (tertiary/aromatic N) is 1. The second-order valence-corrected chi connectivity index (χ2v) is 8.41. The highest BCUT2D eigenvalue weighted by Gasteiger charge is 2.51. The predicted octanol–water partition coefficient (Wildman–Crippen LogP) is 2.58. The van der Waals surface area contributed by atoms with Crippen molar-refractivity contribution in [2.24, 2.45) is 23.2 Å². The zero-order valence-corrected chi connectivity index (χ0v) is 13.5. The number of carbonyl (C=O) groups is 1. The quantitative estimate of drug-likeness (QED) is 0.810. The van der Waals surface area contributed by atoms with Gasteiger partial charge in [-0.15, -0.1) is 0 Å². The monoisotopic (exact) mass is 288 g/mol. The number of likely N-dealkylation sites (N-methyl/N-ethyl adjacent to an activating group) is 1. The molecule has 1 saturated heterocycles. The highest BCUT2D eigenvalue weighted by molar-refractivity contribution is 5.93. The van der Waals surface area contributed by atoms with Crippen LogP contribution in [0.1, 0.15) is 45.4 Å². The molecule has 21 heavy (non-hydrogen) atoms. The fourth-order valence-corrected chi connectivity index (χ4v) is 6.01. The van der Waals surface area contributed by atoms with E-state index in [2.05, 4.69) is 5.32 Å². The van der Waals surface area contributed by atoms with Gasteiger partial charge in [0.15, 0.2) is 0 Å². The Balaban J connectivity index is 1.47. The maximum atomic E-state index is 12.6. The van der Waals surface area contributed by atoms with Gasteiger partial charge in [-0.2, -0.15) is 0 Å². The van der Waals surface area contributed by atoms with Gasteiger partial charge in [0.1, 0.15) is 0 Å². The third kappa shape index (κ3) is 2.34. The Hall–Kier alpha value is -0.830. The van der Waals surface area contributed by atoms with Crippen LogP contribution in [0.15, 0.2) is 11.1 Å². The lowest BCUT2D eigenvalue weighted by atomic mass is 9.49. The Morgan fingerprint density at radius 3 is 2.10 bits per heavy atom. The number of carbonyl (C=O) groups excluding carboxylic acids is 1. The molecular weight excluding hydrogens is 260 g/mol. The first kappa shape index (κ1) is 13.8. The summed E-state index contributed by atoms with van der Waals surface area (Å²) in [5.74, 6) is 3.17. The van der Waals surface area contributed by atoms with Crippen molar-refractivity contribution in [1.29, 1.82) is 0 Å². The molecule has 3 nitrogen and oxygen atoms in total. The molecule has 1 amide bonds. The van der Waals surface area contributed by atoms with Crippen LogP contribution < -0.4 is 5.32 Å². The molecule has 4 saturated carbocycles. The van der Waals surface area contributed by atoms with E-state index in [1.807, 2.05) is 18.9 Å². The molecule has 3 heteroatoms. The van der Waals surface area contributed by atoms with Gasteiger partial charge in [0.05, 0.1) is 0 Å². The molecule has 0 radical (unpaired) electrons. The summed E-state index contributed by atoms with van der Waals surface area (Å²) in [6.45, 7) is 4.81. The van der Waals surface area contributed by atoms with Crippen LogP contribution in [0.5, 0.6) is 0 Å². The van der Waals surface area contributed by atoms with E-state index in [0.29, 0.717) is 5.41 Å². The van der Waals surface area contributed by atoms with Gasteiger partial charge in [0, 0.05) is 32.3 Å². The Bertz CT molecular complexity index is 452. The molecule has 0 aromatic heterocycles. The number of hydrogen-bond acceptors (Lipinski definition) is 2. The first-order valence-corrected chi connectivity index (χ1v) is 8.69. The summed E-state index contributed by atoms with van der Waals surface area (Å²) in [5, 5.41) is 3.23. The normalized spacial score (nSPS) is 40.1. The van der Waals surface area contributed by atoms with Crippen LogP contribution in [0.25, 0.3) is 0 Å². The summed E-state index contributed by atoms with van der Waals surface area (Å²) in [7, 11) is 2.02. The van der Waals surface area contributed by atoms with E-state index in [4.69, 9.17) is 0 Å². The molecular formula is C18H28N2O. The summed E-state index contributed by atoms with van der Waals surface area (Å²) >= 11 is 0. The van der Waals surface area contributed by atoms with Gasteiger partial charge < -0.3 is 10.2 Å². The average molecular weight is 288 g/mol. The molecule has 0 atom stereocenters. The zero-order valence-electron chi connectivity index (χ0n) is 13.5. The Morgan fingerprint density at radius 1 is 1.14 bits per heavy atom. The fraction of sp³-hybridized carbons (Fsp3) is 0.833. The van der Waals surface area contributed by atoms with Crippen molar-refractivity contribution in [2.75, 3.05) is 26.7 Å². The minimum absolute atomic E-state index is 0.266. The molecule has 1 heterocycles. The van der Waals surface area contributed by atoms with Crippen molar-refractivity contribution >= 4 is 5.91 Å². The lowest BCUT2D eigenvalue weighted by Crippen LogP contribution is -2.51. The van der Waals surface area contributed by atoms with Gasteiger partial charge in [0.25, 0.3) is 0 Å². The van der Waals surface area contributed by atoms with Gasteiger partial charge in [-0.05, 0) is 74.2 Å². The number of hydrogen-bond donors (Lipinski definition) is 1. The van der Waals surface area contributed by atoms with Crippen molar-refractivity contribution in [3.8, 4) is 0 Å². The Morgan fingerprint density at radius 2 is 1.67 bits per heavy atom. The summed E-state index contributed by atoms with van der Waals surface area (Å²) in [4.78, 5) is 14.7. The van der Waals surface area contributed by atoms with Crippen LogP contribution in [0.4, 0.5) is 0 Å². The minimum atomic E-state index is 0.266. The summed E-state index contributed by atoms with van der Waals surface area (Å²) in [6.07, 6.45) is 8.58. The van der Waals surface area contributed by atoms with E-state index in [9.17, 15) is 4.79 Å². The molecule has 5 fully saturated rings. The van der Waals surface area contributed by atoms with Gasteiger partial charge in [-0.1, -0.05) is 0 Å². The molecule has 0 unspecified atom stereocenters. The Kier molecular flexibility index (Phi) is 3.18. The van der Waals surface area contributed by atoms with Crippen LogP contribution >= 0.6 is 0 Å². The second kappa shape index (κ2) is 4.84. The van der Waals surface area contributed by atoms with Crippen molar-refractivity contribution in [3.63, 3.8) is 0 Å². The maximum absolute atomic E-state index is 12.6. The molecule has 1 N–H and O–H groups in total. The summed E-state index contributed by atoms with van der Waals surface area (Å²) < 4.78 is 0. The van der Waals surface area contributed by atoms with E-state index >= 15 is 0 Å². The lowest BCUT2D eigenvalue weighted by molar-refractivity contribution is -0.131.